The van der Waals surface area contributed by atoms with Crippen molar-refractivity contribution in [2.24, 2.45) is 0 Å². The molecule has 3 rings (SSSR count). The van der Waals surface area contributed by atoms with Crippen molar-refractivity contribution < 1.29 is 0 Å². The maximum Gasteiger partial charge on any atom is 0.0621 e. The molecule has 2 heteroatoms. The molecule has 1 aliphatic rings. The van der Waals surface area contributed by atoms with E-state index in [2.05, 4.69) is 86.7 Å². The van der Waals surface area contributed by atoms with Crippen LogP contribution in [0.3, 0.4) is 0 Å². The van der Waals surface area contributed by atoms with E-state index in [0.29, 0.717) is 0 Å². The maximum absolute atomic E-state index is 4.56. The Morgan fingerprint density at radius 3 is 2.38 bits per heavy atom. The lowest BCUT2D eigenvalue weighted by Crippen LogP contribution is -2.27. The number of allylic oxidation sites excluding steroid dienone is 6. The summed E-state index contributed by atoms with van der Waals surface area (Å²) in [4.78, 5) is 2.52. The fourth-order valence-corrected chi connectivity index (χ4v) is 4.75. The van der Waals surface area contributed by atoms with Crippen molar-refractivity contribution in [1.29, 1.82) is 0 Å². The van der Waals surface area contributed by atoms with Crippen molar-refractivity contribution in [2.75, 3.05) is 13.1 Å². The third-order valence-corrected chi connectivity index (χ3v) is 6.85. The zero-order valence-corrected chi connectivity index (χ0v) is 20.8. The molecule has 0 unspecified atom stereocenters. The summed E-state index contributed by atoms with van der Waals surface area (Å²) in [7, 11) is 0. The molecule has 1 aromatic carbocycles. The van der Waals surface area contributed by atoms with Crippen molar-refractivity contribution in [1.82, 2.24) is 9.47 Å². The van der Waals surface area contributed by atoms with E-state index in [0.717, 1.165) is 38.9 Å². The highest BCUT2D eigenvalue weighted by atomic mass is 15.2. The summed E-state index contributed by atoms with van der Waals surface area (Å²) >= 11 is 0. The van der Waals surface area contributed by atoms with Crippen LogP contribution in [0.15, 0.2) is 60.9 Å². The number of aryl methyl sites for hydroxylation is 1. The van der Waals surface area contributed by atoms with Crippen LogP contribution in [0.1, 0.15) is 76.1 Å². The molecule has 0 saturated heterocycles. The molecular formula is C30H42N2. The molecular weight excluding hydrogens is 388 g/mol. The summed E-state index contributed by atoms with van der Waals surface area (Å²) < 4.78 is 2.49. The normalized spacial score (nSPS) is 13.4. The van der Waals surface area contributed by atoms with Crippen LogP contribution in [0.5, 0.6) is 0 Å². The Hall–Kier alpha value is -2.48. The highest BCUT2D eigenvalue weighted by Gasteiger charge is 2.20. The molecule has 2 nitrogen and oxygen atoms in total. The lowest BCUT2D eigenvalue weighted by Gasteiger charge is -2.28. The third kappa shape index (κ3) is 5.28. The van der Waals surface area contributed by atoms with Gasteiger partial charge in [0.05, 0.1) is 6.54 Å². The van der Waals surface area contributed by atoms with Gasteiger partial charge in [0.25, 0.3) is 0 Å². The highest BCUT2D eigenvalue weighted by molar-refractivity contribution is 5.98. The van der Waals surface area contributed by atoms with Gasteiger partial charge < -0.3 is 9.47 Å². The molecule has 0 saturated carbocycles. The first-order chi connectivity index (χ1) is 15.5. The number of fused-ring (bicyclic) bond motifs is 1. The second-order valence-corrected chi connectivity index (χ2v) is 9.15. The number of unbranched alkanes of at least 4 members (excludes halogenated alkanes) is 2. The van der Waals surface area contributed by atoms with E-state index in [9.17, 15) is 0 Å². The summed E-state index contributed by atoms with van der Waals surface area (Å²) in [6.07, 6.45) is 14.8. The monoisotopic (exact) mass is 430 g/mol. The van der Waals surface area contributed by atoms with Crippen LogP contribution in [-0.2, 0) is 13.0 Å². The fraction of sp³-hybridized carbons (Fsp3) is 0.467. The molecule has 0 amide bonds. The predicted molar refractivity (Wildman–Crippen MR) is 142 cm³/mol. The predicted octanol–water partition coefficient (Wildman–Crippen LogP) is 8.22. The molecule has 0 spiro atoms. The van der Waals surface area contributed by atoms with Crippen LogP contribution < -0.4 is 0 Å². The minimum absolute atomic E-state index is 0.842. The Morgan fingerprint density at radius 2 is 1.78 bits per heavy atom. The summed E-state index contributed by atoms with van der Waals surface area (Å²) in [5.41, 5.74) is 9.08. The van der Waals surface area contributed by atoms with Crippen molar-refractivity contribution >= 4 is 16.5 Å². The van der Waals surface area contributed by atoms with Gasteiger partial charge in [-0.05, 0) is 61.8 Å². The minimum atomic E-state index is 0.842. The number of nitrogens with zero attached hydrogens (tertiary/aromatic N) is 2. The summed E-state index contributed by atoms with van der Waals surface area (Å²) in [5.74, 6) is 0. The maximum atomic E-state index is 4.56. The highest BCUT2D eigenvalue weighted by Crippen LogP contribution is 2.37. The molecule has 0 bridgehead atoms. The van der Waals surface area contributed by atoms with E-state index >= 15 is 0 Å². The van der Waals surface area contributed by atoms with E-state index in [1.807, 2.05) is 0 Å². The van der Waals surface area contributed by atoms with Crippen molar-refractivity contribution in [3.63, 3.8) is 0 Å². The number of hydrogen-bond acceptors (Lipinski definition) is 1. The molecule has 1 heterocycles. The molecule has 0 N–H and O–H groups in total. The number of hydrogen-bond donors (Lipinski definition) is 0. The van der Waals surface area contributed by atoms with Crippen LogP contribution in [0.4, 0.5) is 0 Å². The molecule has 0 fully saturated rings. The Morgan fingerprint density at radius 1 is 1.06 bits per heavy atom. The van der Waals surface area contributed by atoms with Gasteiger partial charge in [0, 0.05) is 40.9 Å². The van der Waals surface area contributed by atoms with Crippen LogP contribution in [0.25, 0.3) is 16.5 Å². The number of aromatic nitrogens is 1. The van der Waals surface area contributed by atoms with Gasteiger partial charge >= 0.3 is 0 Å². The smallest absolute Gasteiger partial charge is 0.0621 e. The Labute approximate surface area is 196 Å². The molecule has 0 aliphatic heterocycles. The first-order valence-electron chi connectivity index (χ1n) is 12.6. The van der Waals surface area contributed by atoms with Crippen molar-refractivity contribution in [2.45, 2.75) is 79.2 Å². The van der Waals surface area contributed by atoms with Gasteiger partial charge in [-0.25, -0.2) is 0 Å². The van der Waals surface area contributed by atoms with Gasteiger partial charge in [-0.2, -0.15) is 0 Å². The first-order valence-corrected chi connectivity index (χ1v) is 12.6. The van der Waals surface area contributed by atoms with Crippen LogP contribution >= 0.6 is 0 Å². The lowest BCUT2D eigenvalue weighted by atomic mass is 9.91. The van der Waals surface area contributed by atoms with Crippen LogP contribution in [0.2, 0.25) is 0 Å². The molecule has 1 aliphatic carbocycles. The summed E-state index contributed by atoms with van der Waals surface area (Å²) in [5, 5.41) is 1.32. The summed E-state index contributed by atoms with van der Waals surface area (Å²) in [6.45, 7) is 21.2. The van der Waals surface area contributed by atoms with E-state index in [1.165, 1.54) is 70.3 Å². The topological polar surface area (TPSA) is 8.17 Å². The SMILES string of the molecule is C=C(C1=CC=CCC1)c1c(C)n(CC(=C)N(CCCC)CCCC)c2cc(CC)ccc12. The van der Waals surface area contributed by atoms with Crippen LogP contribution in [-0.4, -0.2) is 22.6 Å². The first kappa shape index (κ1) is 24.2. The van der Waals surface area contributed by atoms with Gasteiger partial charge in [0.15, 0.2) is 0 Å². The molecule has 32 heavy (non-hydrogen) atoms. The van der Waals surface area contributed by atoms with Gasteiger partial charge in [0.2, 0.25) is 0 Å². The van der Waals surface area contributed by atoms with Gasteiger partial charge in [-0.15, -0.1) is 0 Å². The standard InChI is InChI=1S/C30H42N2/c1-7-10-19-31(20-11-8-2)23(4)22-32-25(6)30(24(5)27-15-13-12-14-16-27)28-18-17-26(9-3)21-29(28)32/h12-13,15,17-18,21H,4-5,7-11,14,16,19-20,22H2,1-3,6H3. The van der Waals surface area contributed by atoms with Gasteiger partial charge in [-0.1, -0.05) is 77.1 Å². The van der Waals surface area contributed by atoms with Gasteiger partial charge in [0.1, 0.15) is 0 Å². The molecule has 0 atom stereocenters. The Kier molecular flexibility index (Phi) is 8.61. The summed E-state index contributed by atoms with van der Waals surface area (Å²) in [6, 6.07) is 6.97. The lowest BCUT2D eigenvalue weighted by molar-refractivity contribution is 0.316. The van der Waals surface area contributed by atoms with Gasteiger partial charge in [-0.3, -0.25) is 0 Å². The second kappa shape index (κ2) is 11.4. The molecule has 172 valence electrons. The Balaban J connectivity index is 2.02. The van der Waals surface area contributed by atoms with E-state index in [-0.39, 0.29) is 0 Å². The number of benzene rings is 1. The largest absolute Gasteiger partial charge is 0.374 e. The Bertz CT molecular complexity index is 1010. The van der Waals surface area contributed by atoms with E-state index < -0.39 is 0 Å². The average molecular weight is 431 g/mol. The minimum Gasteiger partial charge on any atom is -0.374 e. The van der Waals surface area contributed by atoms with Crippen LogP contribution in [0, 0.1) is 6.92 Å². The van der Waals surface area contributed by atoms with E-state index in [1.54, 1.807) is 0 Å². The fourth-order valence-electron chi connectivity index (χ4n) is 4.75. The average Bonchev–Trinajstić information content (AvgIpc) is 3.09. The molecule has 2 aromatic rings. The molecule has 1 aromatic heterocycles. The second-order valence-electron chi connectivity index (χ2n) is 9.15. The zero-order chi connectivity index (χ0) is 23.1. The quantitative estimate of drug-likeness (QED) is 0.329. The third-order valence-electron chi connectivity index (χ3n) is 6.85. The number of rotatable bonds is 12. The zero-order valence-electron chi connectivity index (χ0n) is 20.8. The molecule has 0 radical (unpaired) electrons. The van der Waals surface area contributed by atoms with E-state index in [4.69, 9.17) is 0 Å². The van der Waals surface area contributed by atoms with Crippen molar-refractivity contribution in [3.05, 3.63) is 77.7 Å². The van der Waals surface area contributed by atoms with Crippen molar-refractivity contribution in [3.8, 4) is 0 Å².